The summed E-state index contributed by atoms with van der Waals surface area (Å²) in [5.74, 6) is 1.25. The van der Waals surface area contributed by atoms with Gasteiger partial charge in [-0.05, 0) is 60.9 Å². The predicted molar refractivity (Wildman–Crippen MR) is 99.7 cm³/mol. The van der Waals surface area contributed by atoms with Gasteiger partial charge in [0, 0.05) is 17.5 Å². The number of hydrogen-bond acceptors (Lipinski definition) is 4. The van der Waals surface area contributed by atoms with E-state index in [-0.39, 0.29) is 5.91 Å². The van der Waals surface area contributed by atoms with E-state index in [1.165, 1.54) is 6.92 Å². The Kier molecular flexibility index (Phi) is 6.42. The summed E-state index contributed by atoms with van der Waals surface area (Å²) >= 11 is 6.19. The van der Waals surface area contributed by atoms with Gasteiger partial charge in [-0.2, -0.15) is 5.10 Å². The smallest absolute Gasteiger partial charge is 0.236 e. The lowest BCUT2D eigenvalue weighted by Gasteiger charge is -2.13. The zero-order valence-corrected chi connectivity index (χ0v) is 15.5. The van der Waals surface area contributed by atoms with E-state index in [2.05, 4.69) is 10.5 Å². The third-order valence-electron chi connectivity index (χ3n) is 3.54. The van der Waals surface area contributed by atoms with Crippen molar-refractivity contribution in [2.45, 2.75) is 27.4 Å². The first kappa shape index (κ1) is 18.8. The van der Waals surface area contributed by atoms with Crippen LogP contribution in [0.3, 0.4) is 0 Å². The van der Waals surface area contributed by atoms with Crippen LogP contribution < -0.4 is 14.9 Å². The Bertz CT molecular complexity index is 780. The van der Waals surface area contributed by atoms with Gasteiger partial charge in [-0.25, -0.2) is 5.43 Å². The van der Waals surface area contributed by atoms with E-state index in [0.717, 1.165) is 38.8 Å². The first-order chi connectivity index (χ1) is 11.9. The molecule has 0 aliphatic carbocycles. The first-order valence-electron chi connectivity index (χ1n) is 7.77. The van der Waals surface area contributed by atoms with Crippen LogP contribution >= 0.6 is 11.6 Å². The Morgan fingerprint density at radius 3 is 2.52 bits per heavy atom. The van der Waals surface area contributed by atoms with Crippen molar-refractivity contribution in [3.63, 3.8) is 0 Å². The highest BCUT2D eigenvalue weighted by atomic mass is 35.5. The molecule has 0 aromatic heterocycles. The van der Waals surface area contributed by atoms with E-state index in [0.29, 0.717) is 6.61 Å². The summed E-state index contributed by atoms with van der Waals surface area (Å²) < 4.78 is 11.3. The van der Waals surface area contributed by atoms with Crippen molar-refractivity contribution in [1.82, 2.24) is 5.43 Å². The lowest BCUT2D eigenvalue weighted by molar-refractivity contribution is -0.118. The Labute approximate surface area is 152 Å². The highest BCUT2D eigenvalue weighted by Crippen LogP contribution is 2.27. The highest BCUT2D eigenvalue weighted by molar-refractivity contribution is 6.32. The fourth-order valence-electron chi connectivity index (χ4n) is 2.34. The fourth-order valence-corrected chi connectivity index (χ4v) is 2.45. The molecule has 0 heterocycles. The third-order valence-corrected chi connectivity index (χ3v) is 4.14. The van der Waals surface area contributed by atoms with Crippen molar-refractivity contribution in [2.24, 2.45) is 5.10 Å². The van der Waals surface area contributed by atoms with Crippen molar-refractivity contribution >= 4 is 23.7 Å². The van der Waals surface area contributed by atoms with Gasteiger partial charge in [-0.15, -0.1) is 0 Å². The van der Waals surface area contributed by atoms with Crippen LogP contribution in [0.15, 0.2) is 35.4 Å². The third kappa shape index (κ3) is 5.22. The standard InChI is InChI=1S/C19H21ClN2O3/c1-12-7-17(8-13(2)19(12)20)25-11-16-9-15(5-6-18(16)24-4)10-21-22-14(3)23/h5-10H,11H2,1-4H3,(H,22,23). The Balaban J connectivity index is 2.17. The molecule has 1 amide bonds. The summed E-state index contributed by atoms with van der Waals surface area (Å²) in [5, 5.41) is 4.62. The molecule has 0 radical (unpaired) electrons. The minimum absolute atomic E-state index is 0.221. The molecule has 5 nitrogen and oxygen atoms in total. The molecule has 25 heavy (non-hydrogen) atoms. The maximum Gasteiger partial charge on any atom is 0.236 e. The number of ether oxygens (including phenoxy) is 2. The van der Waals surface area contributed by atoms with Gasteiger partial charge in [0.1, 0.15) is 18.1 Å². The zero-order valence-electron chi connectivity index (χ0n) is 14.7. The Hall–Kier alpha value is -2.53. The van der Waals surface area contributed by atoms with Crippen molar-refractivity contribution < 1.29 is 14.3 Å². The zero-order chi connectivity index (χ0) is 18.4. The van der Waals surface area contributed by atoms with Crippen LogP contribution in [-0.2, 0) is 11.4 Å². The summed E-state index contributed by atoms with van der Waals surface area (Å²) in [6.07, 6.45) is 1.57. The number of hydrazone groups is 1. The summed E-state index contributed by atoms with van der Waals surface area (Å²) in [6, 6.07) is 9.41. The molecule has 0 spiro atoms. The van der Waals surface area contributed by atoms with Crippen molar-refractivity contribution in [1.29, 1.82) is 0 Å². The van der Waals surface area contributed by atoms with E-state index < -0.39 is 0 Å². The van der Waals surface area contributed by atoms with Gasteiger partial charge in [0.25, 0.3) is 0 Å². The van der Waals surface area contributed by atoms with E-state index >= 15 is 0 Å². The molecular weight excluding hydrogens is 340 g/mol. The number of nitrogens with one attached hydrogen (secondary N) is 1. The monoisotopic (exact) mass is 360 g/mol. The highest BCUT2D eigenvalue weighted by Gasteiger charge is 2.08. The van der Waals surface area contributed by atoms with E-state index in [1.807, 2.05) is 44.2 Å². The van der Waals surface area contributed by atoms with Crippen molar-refractivity contribution in [2.75, 3.05) is 7.11 Å². The quantitative estimate of drug-likeness (QED) is 0.625. The second-order valence-electron chi connectivity index (χ2n) is 5.66. The van der Waals surface area contributed by atoms with Gasteiger partial charge >= 0.3 is 0 Å². The predicted octanol–water partition coefficient (Wildman–Crippen LogP) is 4.01. The SMILES string of the molecule is COc1ccc(C=NNC(C)=O)cc1COc1cc(C)c(Cl)c(C)c1. The van der Waals surface area contributed by atoms with Crippen LogP contribution in [0, 0.1) is 13.8 Å². The number of carbonyl (C=O) groups is 1. The average Bonchev–Trinajstić information content (AvgIpc) is 2.57. The fraction of sp³-hybridized carbons (Fsp3) is 0.263. The van der Waals surface area contributed by atoms with Gasteiger partial charge in [-0.1, -0.05) is 11.6 Å². The molecule has 2 aromatic carbocycles. The number of methoxy groups -OCH3 is 1. The molecule has 1 N–H and O–H groups in total. The van der Waals surface area contributed by atoms with E-state index in [1.54, 1.807) is 13.3 Å². The van der Waals surface area contributed by atoms with Crippen LogP contribution in [-0.4, -0.2) is 19.2 Å². The van der Waals surface area contributed by atoms with Crippen LogP contribution in [0.25, 0.3) is 0 Å². The summed E-state index contributed by atoms with van der Waals surface area (Å²) in [6.45, 7) is 5.63. The Morgan fingerprint density at radius 1 is 1.24 bits per heavy atom. The molecule has 132 valence electrons. The number of benzene rings is 2. The number of rotatable bonds is 6. The second-order valence-corrected chi connectivity index (χ2v) is 6.04. The number of carbonyl (C=O) groups excluding carboxylic acids is 1. The van der Waals surface area contributed by atoms with Gasteiger partial charge in [0.15, 0.2) is 0 Å². The summed E-state index contributed by atoms with van der Waals surface area (Å²) in [5.41, 5.74) is 6.02. The van der Waals surface area contributed by atoms with Gasteiger partial charge < -0.3 is 9.47 Å². The molecule has 6 heteroatoms. The molecule has 0 fully saturated rings. The first-order valence-corrected chi connectivity index (χ1v) is 8.14. The van der Waals surface area contributed by atoms with E-state index in [9.17, 15) is 4.79 Å². The summed E-state index contributed by atoms with van der Waals surface area (Å²) in [4.78, 5) is 10.9. The van der Waals surface area contributed by atoms with Gasteiger partial charge in [-0.3, -0.25) is 4.79 Å². The molecule has 0 saturated heterocycles. The van der Waals surface area contributed by atoms with Gasteiger partial charge in [0.05, 0.1) is 13.3 Å². The molecule has 0 unspecified atom stereocenters. The minimum Gasteiger partial charge on any atom is -0.496 e. The number of hydrogen-bond donors (Lipinski definition) is 1. The molecule has 2 aromatic rings. The average molecular weight is 361 g/mol. The molecular formula is C19H21ClN2O3. The van der Waals surface area contributed by atoms with Gasteiger partial charge in [0.2, 0.25) is 5.91 Å². The number of amides is 1. The lowest BCUT2D eigenvalue weighted by atomic mass is 10.1. The number of halogens is 1. The maximum atomic E-state index is 10.9. The normalized spacial score (nSPS) is 10.8. The minimum atomic E-state index is -0.221. The van der Waals surface area contributed by atoms with Crippen molar-refractivity contribution in [3.8, 4) is 11.5 Å². The van der Waals surface area contributed by atoms with Crippen LogP contribution in [0.1, 0.15) is 29.2 Å². The van der Waals surface area contributed by atoms with Crippen LogP contribution in [0.2, 0.25) is 5.02 Å². The maximum absolute atomic E-state index is 10.9. The molecule has 0 bridgehead atoms. The molecule has 2 rings (SSSR count). The Morgan fingerprint density at radius 2 is 1.92 bits per heavy atom. The molecule has 0 atom stereocenters. The molecule has 0 aliphatic rings. The molecule has 0 saturated carbocycles. The van der Waals surface area contributed by atoms with Crippen LogP contribution in [0.4, 0.5) is 0 Å². The van der Waals surface area contributed by atoms with Crippen molar-refractivity contribution in [3.05, 3.63) is 57.6 Å². The van der Waals surface area contributed by atoms with Crippen LogP contribution in [0.5, 0.6) is 11.5 Å². The largest absolute Gasteiger partial charge is 0.496 e. The van der Waals surface area contributed by atoms with E-state index in [4.69, 9.17) is 21.1 Å². The number of nitrogens with zero attached hydrogens (tertiary/aromatic N) is 1. The number of aryl methyl sites for hydroxylation is 2. The second kappa shape index (κ2) is 8.53. The lowest BCUT2D eigenvalue weighted by Crippen LogP contribution is -2.12. The topological polar surface area (TPSA) is 59.9 Å². The summed E-state index contributed by atoms with van der Waals surface area (Å²) in [7, 11) is 1.61. The molecule has 0 aliphatic heterocycles.